The molecule has 0 aliphatic rings. The first-order valence-corrected chi connectivity index (χ1v) is 9.34. The number of hydrogen-bond donors (Lipinski definition) is 0. The Morgan fingerprint density at radius 2 is 1.53 bits per heavy atom. The van der Waals surface area contributed by atoms with Crippen LogP contribution in [-0.2, 0) is 0 Å². The van der Waals surface area contributed by atoms with Gasteiger partial charge in [-0.25, -0.2) is 4.79 Å². The van der Waals surface area contributed by atoms with E-state index in [0.29, 0.717) is 28.4 Å². The third-order valence-electron chi connectivity index (χ3n) is 4.57. The smallest absolute Gasteiger partial charge is 0.343 e. The molecule has 0 aromatic heterocycles. The van der Waals surface area contributed by atoms with Crippen LogP contribution in [0.25, 0.3) is 6.08 Å². The molecular weight excluding hydrogens is 380 g/mol. The van der Waals surface area contributed by atoms with Crippen LogP contribution in [0.2, 0.25) is 0 Å². The third kappa shape index (κ3) is 4.94. The molecule has 30 heavy (non-hydrogen) atoms. The van der Waals surface area contributed by atoms with Gasteiger partial charge in [0.05, 0.1) is 19.8 Å². The van der Waals surface area contributed by atoms with Crippen molar-refractivity contribution in [3.63, 3.8) is 0 Å². The fourth-order valence-electron chi connectivity index (χ4n) is 2.87. The molecule has 0 saturated carbocycles. The quantitative estimate of drug-likeness (QED) is 0.237. The highest BCUT2D eigenvalue weighted by atomic mass is 16.5. The fourth-order valence-corrected chi connectivity index (χ4v) is 2.87. The van der Waals surface area contributed by atoms with E-state index in [1.165, 1.54) is 6.08 Å². The number of carbonyl (C=O) groups excluding carboxylic acids is 2. The lowest BCUT2D eigenvalue weighted by atomic mass is 10.1. The Labute approximate surface area is 175 Å². The van der Waals surface area contributed by atoms with Gasteiger partial charge in [-0.05, 0) is 67.1 Å². The van der Waals surface area contributed by atoms with Gasteiger partial charge in [0.25, 0.3) is 0 Å². The van der Waals surface area contributed by atoms with Crippen molar-refractivity contribution in [1.29, 1.82) is 0 Å². The number of benzene rings is 3. The van der Waals surface area contributed by atoms with Crippen molar-refractivity contribution in [2.45, 2.75) is 6.92 Å². The number of allylic oxidation sites excluding steroid dienone is 1. The van der Waals surface area contributed by atoms with Gasteiger partial charge in [-0.1, -0.05) is 18.2 Å². The Morgan fingerprint density at radius 1 is 0.833 bits per heavy atom. The van der Waals surface area contributed by atoms with Crippen molar-refractivity contribution in [2.24, 2.45) is 0 Å². The van der Waals surface area contributed by atoms with Gasteiger partial charge < -0.3 is 14.2 Å². The second kappa shape index (κ2) is 9.56. The number of ether oxygens (including phenoxy) is 3. The number of ketones is 1. The average Bonchev–Trinajstić information content (AvgIpc) is 2.78. The molecule has 5 nitrogen and oxygen atoms in total. The number of esters is 1. The van der Waals surface area contributed by atoms with Crippen molar-refractivity contribution in [2.75, 3.05) is 14.2 Å². The molecule has 0 aliphatic heterocycles. The third-order valence-corrected chi connectivity index (χ3v) is 4.57. The zero-order valence-corrected chi connectivity index (χ0v) is 17.0. The van der Waals surface area contributed by atoms with Crippen LogP contribution in [0.4, 0.5) is 0 Å². The van der Waals surface area contributed by atoms with Gasteiger partial charge in [-0.2, -0.15) is 0 Å². The molecule has 0 amide bonds. The van der Waals surface area contributed by atoms with Crippen molar-refractivity contribution in [3.8, 4) is 17.2 Å². The monoisotopic (exact) mass is 402 g/mol. The minimum absolute atomic E-state index is 0.176. The SMILES string of the molecule is COc1ccc(C=CC(=O)c2ccc(OC(=O)c3ccccc3C)cc2)c(OC)c1. The molecule has 0 bridgehead atoms. The van der Waals surface area contributed by atoms with E-state index in [0.717, 1.165) is 11.1 Å². The number of carbonyl (C=O) groups is 2. The molecule has 0 saturated heterocycles. The van der Waals surface area contributed by atoms with E-state index < -0.39 is 5.97 Å². The molecule has 0 heterocycles. The minimum Gasteiger partial charge on any atom is -0.497 e. The Morgan fingerprint density at radius 3 is 2.20 bits per heavy atom. The second-order valence-corrected chi connectivity index (χ2v) is 6.53. The fraction of sp³-hybridized carbons (Fsp3) is 0.120. The van der Waals surface area contributed by atoms with Gasteiger partial charge in [0.2, 0.25) is 0 Å². The molecule has 3 rings (SSSR count). The maximum atomic E-state index is 12.5. The lowest BCUT2D eigenvalue weighted by molar-refractivity contribution is 0.0734. The zero-order valence-electron chi connectivity index (χ0n) is 17.0. The number of rotatable bonds is 7. The van der Waals surface area contributed by atoms with Gasteiger partial charge in [0.1, 0.15) is 17.2 Å². The van der Waals surface area contributed by atoms with Crippen LogP contribution in [0.3, 0.4) is 0 Å². The van der Waals surface area contributed by atoms with E-state index in [9.17, 15) is 9.59 Å². The van der Waals surface area contributed by atoms with Gasteiger partial charge in [0, 0.05) is 17.2 Å². The summed E-state index contributed by atoms with van der Waals surface area (Å²) >= 11 is 0. The van der Waals surface area contributed by atoms with E-state index in [1.54, 1.807) is 68.8 Å². The summed E-state index contributed by atoms with van der Waals surface area (Å²) in [6.07, 6.45) is 3.16. The van der Waals surface area contributed by atoms with Crippen LogP contribution < -0.4 is 14.2 Å². The Hall–Kier alpha value is -3.86. The summed E-state index contributed by atoms with van der Waals surface area (Å²) in [5.74, 6) is 1.05. The van der Waals surface area contributed by atoms with Gasteiger partial charge in [0.15, 0.2) is 5.78 Å². The summed E-state index contributed by atoms with van der Waals surface area (Å²) in [6, 6.07) is 19.0. The average molecular weight is 402 g/mol. The van der Waals surface area contributed by atoms with Crippen molar-refractivity contribution in [3.05, 3.63) is 95.1 Å². The highest BCUT2D eigenvalue weighted by Crippen LogP contribution is 2.26. The first-order chi connectivity index (χ1) is 14.5. The number of hydrogen-bond acceptors (Lipinski definition) is 5. The Balaban J connectivity index is 1.69. The molecule has 0 fully saturated rings. The highest BCUT2D eigenvalue weighted by molar-refractivity contribution is 6.07. The molecule has 152 valence electrons. The molecule has 3 aromatic rings. The normalized spacial score (nSPS) is 10.6. The maximum Gasteiger partial charge on any atom is 0.343 e. The van der Waals surface area contributed by atoms with Crippen LogP contribution in [0, 0.1) is 6.92 Å². The predicted octanol–water partition coefficient (Wildman–Crippen LogP) is 5.13. The van der Waals surface area contributed by atoms with Crippen molar-refractivity contribution < 1.29 is 23.8 Å². The molecule has 0 aliphatic carbocycles. The maximum absolute atomic E-state index is 12.5. The first-order valence-electron chi connectivity index (χ1n) is 9.34. The standard InChI is InChI=1S/C25H22O5/c1-17-6-4-5-7-22(17)25(27)30-20-12-8-18(9-13-20)23(26)15-11-19-10-14-21(28-2)16-24(19)29-3/h4-16H,1-3H3. The molecule has 0 unspecified atom stereocenters. The predicted molar refractivity (Wildman–Crippen MR) is 115 cm³/mol. The minimum atomic E-state index is -0.432. The van der Waals surface area contributed by atoms with Gasteiger partial charge in [-0.3, -0.25) is 4.79 Å². The lowest BCUT2D eigenvalue weighted by Gasteiger charge is -2.07. The largest absolute Gasteiger partial charge is 0.497 e. The van der Waals surface area contributed by atoms with Gasteiger partial charge >= 0.3 is 5.97 Å². The first kappa shape index (κ1) is 20.9. The van der Waals surface area contributed by atoms with E-state index >= 15 is 0 Å². The van der Waals surface area contributed by atoms with Crippen LogP contribution >= 0.6 is 0 Å². The van der Waals surface area contributed by atoms with E-state index in [4.69, 9.17) is 14.2 Å². The van der Waals surface area contributed by atoms with Crippen LogP contribution in [0.15, 0.2) is 72.8 Å². The number of aryl methyl sites for hydroxylation is 1. The summed E-state index contributed by atoms with van der Waals surface area (Å²) < 4.78 is 15.9. The summed E-state index contributed by atoms with van der Waals surface area (Å²) in [7, 11) is 3.14. The molecule has 0 N–H and O–H groups in total. The summed E-state index contributed by atoms with van der Waals surface area (Å²) in [5, 5.41) is 0. The Kier molecular flexibility index (Phi) is 6.65. The van der Waals surface area contributed by atoms with Crippen molar-refractivity contribution >= 4 is 17.8 Å². The van der Waals surface area contributed by atoms with Crippen LogP contribution in [-0.4, -0.2) is 26.0 Å². The summed E-state index contributed by atoms with van der Waals surface area (Å²) in [5.41, 5.74) is 2.59. The van der Waals surface area contributed by atoms with Crippen LogP contribution in [0.1, 0.15) is 31.8 Å². The highest BCUT2D eigenvalue weighted by Gasteiger charge is 2.11. The van der Waals surface area contributed by atoms with E-state index in [-0.39, 0.29) is 5.78 Å². The molecule has 0 atom stereocenters. The van der Waals surface area contributed by atoms with E-state index in [2.05, 4.69) is 0 Å². The lowest BCUT2D eigenvalue weighted by Crippen LogP contribution is -2.10. The molecule has 3 aromatic carbocycles. The summed E-state index contributed by atoms with van der Waals surface area (Å²) in [4.78, 5) is 24.8. The molecule has 0 radical (unpaired) electrons. The van der Waals surface area contributed by atoms with Gasteiger partial charge in [-0.15, -0.1) is 0 Å². The number of methoxy groups -OCH3 is 2. The second-order valence-electron chi connectivity index (χ2n) is 6.53. The van der Waals surface area contributed by atoms with Crippen molar-refractivity contribution in [1.82, 2.24) is 0 Å². The molecule has 5 heteroatoms. The van der Waals surface area contributed by atoms with Crippen LogP contribution in [0.5, 0.6) is 17.2 Å². The Bertz CT molecular complexity index is 1080. The zero-order chi connectivity index (χ0) is 21.5. The van der Waals surface area contributed by atoms with E-state index in [1.807, 2.05) is 25.1 Å². The topological polar surface area (TPSA) is 61.8 Å². The molecular formula is C25H22O5. The molecule has 0 spiro atoms. The summed E-state index contributed by atoms with van der Waals surface area (Å²) in [6.45, 7) is 1.85.